The number of amides is 1. The topological polar surface area (TPSA) is 100 Å². The highest BCUT2D eigenvalue weighted by molar-refractivity contribution is 7.10. The highest BCUT2D eigenvalue weighted by atomic mass is 32.1. The van der Waals surface area contributed by atoms with Gasteiger partial charge in [-0.25, -0.2) is 0 Å². The van der Waals surface area contributed by atoms with Gasteiger partial charge in [0, 0.05) is 29.5 Å². The molecule has 7 heteroatoms. The molecule has 0 radical (unpaired) electrons. The Morgan fingerprint density at radius 3 is 3.11 bits per heavy atom. The Labute approximate surface area is 115 Å². The van der Waals surface area contributed by atoms with Crippen molar-refractivity contribution < 1.29 is 9.53 Å². The predicted octanol–water partition coefficient (Wildman–Crippen LogP) is 0.0253. The fourth-order valence-electron chi connectivity index (χ4n) is 1.99. The van der Waals surface area contributed by atoms with Crippen LogP contribution in [-0.4, -0.2) is 37.5 Å². The molecule has 2 rings (SSSR count). The highest BCUT2D eigenvalue weighted by Gasteiger charge is 2.28. The van der Waals surface area contributed by atoms with Crippen molar-refractivity contribution in [2.24, 2.45) is 5.73 Å². The molecule has 1 fully saturated rings. The van der Waals surface area contributed by atoms with E-state index in [-0.39, 0.29) is 23.9 Å². The third-order valence-corrected chi connectivity index (χ3v) is 4.08. The van der Waals surface area contributed by atoms with E-state index in [9.17, 15) is 4.79 Å². The summed E-state index contributed by atoms with van der Waals surface area (Å²) < 4.78 is 5.21. The van der Waals surface area contributed by atoms with E-state index in [2.05, 4.69) is 10.6 Å². The summed E-state index contributed by atoms with van der Waals surface area (Å²) in [6.07, 6.45) is 0.813. The number of nitrogens with two attached hydrogens (primary N) is 1. The van der Waals surface area contributed by atoms with Gasteiger partial charge in [-0.15, -0.1) is 11.3 Å². The second-order valence-corrected chi connectivity index (χ2v) is 5.48. The Morgan fingerprint density at radius 1 is 1.74 bits per heavy atom. The summed E-state index contributed by atoms with van der Waals surface area (Å²) in [7, 11) is 1.65. The molecule has 5 N–H and O–H groups in total. The summed E-state index contributed by atoms with van der Waals surface area (Å²) >= 11 is 1.49. The molecule has 6 nitrogen and oxygen atoms in total. The molecule has 0 spiro atoms. The fraction of sp³-hybridized carbons (Fsp3) is 0.500. The van der Waals surface area contributed by atoms with Crippen molar-refractivity contribution in [2.45, 2.75) is 25.1 Å². The highest BCUT2D eigenvalue weighted by Crippen LogP contribution is 2.14. The maximum Gasteiger partial charge on any atom is 0.237 e. The van der Waals surface area contributed by atoms with E-state index in [0.717, 1.165) is 4.88 Å². The van der Waals surface area contributed by atoms with Crippen LogP contribution >= 0.6 is 11.3 Å². The van der Waals surface area contributed by atoms with Crippen molar-refractivity contribution in [1.29, 1.82) is 5.41 Å². The van der Waals surface area contributed by atoms with Crippen molar-refractivity contribution >= 4 is 23.1 Å². The van der Waals surface area contributed by atoms with Gasteiger partial charge in [0.25, 0.3) is 0 Å². The number of thiophene rings is 1. The summed E-state index contributed by atoms with van der Waals surface area (Å²) in [5.74, 6) is 0.0338. The van der Waals surface area contributed by atoms with Gasteiger partial charge in [0.15, 0.2) is 0 Å². The van der Waals surface area contributed by atoms with E-state index in [1.807, 2.05) is 11.4 Å². The Balaban J connectivity index is 1.81. The number of carbonyl (C=O) groups is 1. The summed E-state index contributed by atoms with van der Waals surface area (Å²) in [4.78, 5) is 12.9. The lowest BCUT2D eigenvalue weighted by Gasteiger charge is -2.10. The molecular weight excluding hydrogens is 264 g/mol. The monoisotopic (exact) mass is 282 g/mol. The molecule has 1 aliphatic rings. The molecule has 2 heterocycles. The third kappa shape index (κ3) is 3.52. The first-order valence-electron chi connectivity index (χ1n) is 6.06. The molecule has 1 amide bonds. The van der Waals surface area contributed by atoms with Gasteiger partial charge in [-0.1, -0.05) is 0 Å². The molecule has 1 aliphatic heterocycles. The van der Waals surface area contributed by atoms with Crippen LogP contribution in [0.25, 0.3) is 0 Å². The number of nitrogen functional groups attached to an aromatic ring is 1. The maximum absolute atomic E-state index is 11.9. The lowest BCUT2D eigenvalue weighted by Crippen LogP contribution is -2.39. The number of rotatable bonds is 5. The SMILES string of the molecule is CO[C@H]1CN[C@H](C(=O)NCc2cc(C(=N)N)cs2)C1. The van der Waals surface area contributed by atoms with Gasteiger partial charge in [0.05, 0.1) is 18.7 Å². The van der Waals surface area contributed by atoms with Crippen LogP contribution < -0.4 is 16.4 Å². The van der Waals surface area contributed by atoms with Crippen molar-refractivity contribution in [3.8, 4) is 0 Å². The van der Waals surface area contributed by atoms with Crippen LogP contribution in [0.3, 0.4) is 0 Å². The van der Waals surface area contributed by atoms with Crippen molar-refractivity contribution in [3.05, 3.63) is 21.9 Å². The molecule has 0 bridgehead atoms. The van der Waals surface area contributed by atoms with E-state index in [4.69, 9.17) is 15.9 Å². The number of hydrogen-bond acceptors (Lipinski definition) is 5. The van der Waals surface area contributed by atoms with E-state index < -0.39 is 0 Å². The molecule has 19 heavy (non-hydrogen) atoms. The van der Waals surface area contributed by atoms with Gasteiger partial charge in [-0.2, -0.15) is 0 Å². The van der Waals surface area contributed by atoms with Crippen LogP contribution in [0, 0.1) is 5.41 Å². The van der Waals surface area contributed by atoms with Gasteiger partial charge in [-0.05, 0) is 12.5 Å². The third-order valence-electron chi connectivity index (χ3n) is 3.14. The van der Waals surface area contributed by atoms with Crippen LogP contribution in [-0.2, 0) is 16.1 Å². The van der Waals surface area contributed by atoms with Crippen LogP contribution in [0.2, 0.25) is 0 Å². The summed E-state index contributed by atoms with van der Waals surface area (Å²) in [5, 5.41) is 15.1. The fourth-order valence-corrected chi connectivity index (χ4v) is 2.82. The first kappa shape index (κ1) is 14.0. The Bertz CT molecular complexity index is 474. The summed E-state index contributed by atoms with van der Waals surface area (Å²) in [5.41, 5.74) is 6.09. The second-order valence-electron chi connectivity index (χ2n) is 4.49. The number of hydrogen-bond donors (Lipinski definition) is 4. The van der Waals surface area contributed by atoms with Crippen LogP contribution in [0.5, 0.6) is 0 Å². The van der Waals surface area contributed by atoms with E-state index in [1.165, 1.54) is 11.3 Å². The van der Waals surface area contributed by atoms with E-state index in [1.54, 1.807) is 7.11 Å². The van der Waals surface area contributed by atoms with Crippen molar-refractivity contribution in [2.75, 3.05) is 13.7 Å². The Hall–Kier alpha value is -1.44. The predicted molar refractivity (Wildman–Crippen MR) is 74.4 cm³/mol. The van der Waals surface area contributed by atoms with Crippen LogP contribution in [0.15, 0.2) is 11.4 Å². The zero-order chi connectivity index (χ0) is 13.8. The minimum atomic E-state index is -0.183. The minimum Gasteiger partial charge on any atom is -0.384 e. The molecule has 2 atom stereocenters. The molecule has 0 unspecified atom stereocenters. The molecule has 1 aromatic rings. The maximum atomic E-state index is 11.9. The number of methoxy groups -OCH3 is 1. The first-order chi connectivity index (χ1) is 9.10. The summed E-state index contributed by atoms with van der Waals surface area (Å²) in [6.45, 7) is 1.18. The number of carbonyl (C=O) groups excluding carboxylic acids is 1. The zero-order valence-electron chi connectivity index (χ0n) is 10.7. The lowest BCUT2D eigenvalue weighted by molar-refractivity contribution is -0.123. The van der Waals surface area contributed by atoms with Gasteiger partial charge >= 0.3 is 0 Å². The second kappa shape index (κ2) is 6.14. The number of nitrogens with one attached hydrogen (secondary N) is 3. The Kier molecular flexibility index (Phi) is 4.52. The van der Waals surface area contributed by atoms with E-state index in [0.29, 0.717) is 25.1 Å². The smallest absolute Gasteiger partial charge is 0.237 e. The summed E-state index contributed by atoms with van der Waals surface area (Å²) in [6, 6.07) is 1.64. The molecule has 104 valence electrons. The minimum absolute atomic E-state index is 0.0164. The molecule has 0 aromatic carbocycles. The molecule has 1 saturated heterocycles. The molecular formula is C12H18N4O2S. The number of amidine groups is 1. The van der Waals surface area contributed by atoms with Crippen LogP contribution in [0.4, 0.5) is 0 Å². The van der Waals surface area contributed by atoms with Gasteiger partial charge < -0.3 is 21.1 Å². The standard InChI is InChI=1S/C12H18N4O2S/c1-18-8-3-10(15-4-8)12(17)16-5-9-2-7(6-19-9)11(13)14/h2,6,8,10,15H,3-5H2,1H3,(H3,13,14)(H,16,17)/t8-,10+/m1/s1. The largest absolute Gasteiger partial charge is 0.384 e. The quantitative estimate of drug-likeness (QED) is 0.452. The average Bonchev–Trinajstić information content (AvgIpc) is 3.04. The number of ether oxygens (including phenoxy) is 1. The van der Waals surface area contributed by atoms with Gasteiger partial charge in [-0.3, -0.25) is 10.2 Å². The van der Waals surface area contributed by atoms with Crippen LogP contribution in [0.1, 0.15) is 16.9 Å². The van der Waals surface area contributed by atoms with Gasteiger partial charge in [0.1, 0.15) is 5.84 Å². The molecule has 0 saturated carbocycles. The van der Waals surface area contributed by atoms with E-state index >= 15 is 0 Å². The lowest BCUT2D eigenvalue weighted by atomic mass is 10.2. The molecule has 0 aliphatic carbocycles. The first-order valence-corrected chi connectivity index (χ1v) is 6.94. The zero-order valence-corrected chi connectivity index (χ0v) is 11.5. The van der Waals surface area contributed by atoms with Crippen molar-refractivity contribution in [1.82, 2.24) is 10.6 Å². The Morgan fingerprint density at radius 2 is 2.53 bits per heavy atom. The average molecular weight is 282 g/mol. The molecule has 1 aromatic heterocycles. The van der Waals surface area contributed by atoms with Crippen molar-refractivity contribution in [3.63, 3.8) is 0 Å². The normalized spacial score (nSPS) is 22.4. The van der Waals surface area contributed by atoms with Gasteiger partial charge in [0.2, 0.25) is 5.91 Å².